The van der Waals surface area contributed by atoms with Crippen LogP contribution in [0, 0.1) is 0 Å². The molecule has 0 unspecified atom stereocenters. The summed E-state index contributed by atoms with van der Waals surface area (Å²) in [6.07, 6.45) is 7.19. The summed E-state index contributed by atoms with van der Waals surface area (Å²) < 4.78 is 5.17. The maximum absolute atomic E-state index is 2.45. The molecule has 0 amide bonds. The summed E-state index contributed by atoms with van der Waals surface area (Å²) in [4.78, 5) is 0. The van der Waals surface area contributed by atoms with Crippen molar-refractivity contribution in [3.63, 3.8) is 0 Å². The van der Waals surface area contributed by atoms with Gasteiger partial charge in [0.2, 0.25) is 0 Å². The van der Waals surface area contributed by atoms with Crippen LogP contribution in [-0.4, -0.2) is 3.21 Å². The molecule has 2 aliphatic rings. The van der Waals surface area contributed by atoms with Crippen molar-refractivity contribution in [2.75, 3.05) is 0 Å². The molecule has 0 aromatic heterocycles. The van der Waals surface area contributed by atoms with Crippen LogP contribution >= 0.6 is 24.8 Å². The molecule has 2 aromatic carbocycles. The fraction of sp³-hybridized carbons (Fsp3) is 0.222. The number of hydrogen-bond donors (Lipinski definition) is 0. The predicted octanol–water partition coefficient (Wildman–Crippen LogP) is 7.97. The van der Waals surface area contributed by atoms with Crippen LogP contribution in [0.25, 0.3) is 0 Å². The minimum absolute atomic E-state index is 0. The first-order valence-electron chi connectivity index (χ1n) is 10.2. The van der Waals surface area contributed by atoms with Gasteiger partial charge in [-0.05, 0) is 0 Å². The van der Waals surface area contributed by atoms with Crippen LogP contribution in [0.15, 0.2) is 102 Å². The molecule has 0 nitrogen and oxygen atoms in total. The number of allylic oxidation sites excluding steroid dienone is 8. The molecule has 2 aliphatic carbocycles. The first kappa shape index (κ1) is 25.0. The van der Waals surface area contributed by atoms with E-state index in [1.165, 1.54) is 22.3 Å². The van der Waals surface area contributed by atoms with Gasteiger partial charge in [-0.25, -0.2) is 0 Å². The molecule has 0 bridgehead atoms. The van der Waals surface area contributed by atoms with Gasteiger partial charge in [0.15, 0.2) is 0 Å². The van der Waals surface area contributed by atoms with Crippen LogP contribution in [0.3, 0.4) is 0 Å². The van der Waals surface area contributed by atoms with Gasteiger partial charge in [-0.15, -0.1) is 24.8 Å². The van der Waals surface area contributed by atoms with Crippen molar-refractivity contribution in [3.8, 4) is 0 Å². The van der Waals surface area contributed by atoms with Gasteiger partial charge in [0.1, 0.15) is 0 Å². The molecule has 0 radical (unpaired) electrons. The first-order valence-corrected chi connectivity index (χ1v) is 13.9. The third-order valence-corrected chi connectivity index (χ3v) is 14.8. The Bertz CT molecular complexity index is 983. The van der Waals surface area contributed by atoms with Crippen LogP contribution < -0.4 is 0 Å². The summed E-state index contributed by atoms with van der Waals surface area (Å²) in [6, 6.07) is 22.3. The normalized spacial score (nSPS) is 15.3. The second-order valence-corrected chi connectivity index (χ2v) is 13.9. The Morgan fingerprint density at radius 3 is 1.27 bits per heavy atom. The standard InChI is InChI=1S/C13H10.2C7H9.2ClH.Zr/c1-3-7-12(8-4-1)11-13-9-5-2-6-10-13;2*1-6-4-3-5-7(6)2;;;/h1-10H;2*4H,3H2,1-2H3;2*1H;. The van der Waals surface area contributed by atoms with Crippen molar-refractivity contribution in [3.05, 3.63) is 113 Å². The molecule has 0 fully saturated rings. The van der Waals surface area contributed by atoms with Crippen molar-refractivity contribution in [2.24, 2.45) is 0 Å². The van der Waals surface area contributed by atoms with Crippen molar-refractivity contribution < 1.29 is 21.3 Å². The Morgan fingerprint density at radius 2 is 0.967 bits per heavy atom. The molecule has 0 atom stereocenters. The van der Waals surface area contributed by atoms with E-state index in [9.17, 15) is 0 Å². The monoisotopic (exact) mass is 514 g/mol. The molecule has 2 aromatic rings. The van der Waals surface area contributed by atoms with E-state index in [4.69, 9.17) is 0 Å². The van der Waals surface area contributed by atoms with E-state index < -0.39 is 21.3 Å². The van der Waals surface area contributed by atoms with Crippen LogP contribution in [-0.2, 0) is 21.3 Å². The summed E-state index contributed by atoms with van der Waals surface area (Å²) >= 11 is -2.30. The van der Waals surface area contributed by atoms with E-state index in [0.717, 1.165) is 12.8 Å². The molecule has 0 spiro atoms. The zero-order chi connectivity index (χ0) is 19.7. The third kappa shape index (κ3) is 4.80. The fourth-order valence-corrected chi connectivity index (χ4v) is 13.3. The van der Waals surface area contributed by atoms with Gasteiger partial charge in [0.25, 0.3) is 0 Å². The second kappa shape index (κ2) is 10.9. The van der Waals surface area contributed by atoms with E-state index in [-0.39, 0.29) is 24.8 Å². The van der Waals surface area contributed by atoms with Gasteiger partial charge in [-0.1, -0.05) is 0 Å². The van der Waals surface area contributed by atoms with Crippen LogP contribution in [0.1, 0.15) is 51.7 Å². The van der Waals surface area contributed by atoms with E-state index >= 15 is 0 Å². The molecule has 30 heavy (non-hydrogen) atoms. The molecule has 0 N–H and O–H groups in total. The Hall–Kier alpha value is -1.27. The van der Waals surface area contributed by atoms with Crippen molar-refractivity contribution in [1.82, 2.24) is 0 Å². The number of halogens is 2. The zero-order valence-electron chi connectivity index (χ0n) is 18.2. The van der Waals surface area contributed by atoms with Gasteiger partial charge in [0, 0.05) is 0 Å². The third-order valence-electron chi connectivity index (χ3n) is 6.29. The van der Waals surface area contributed by atoms with Gasteiger partial charge >= 0.3 is 178 Å². The Balaban J connectivity index is 0.00000160. The Kier molecular flexibility index (Phi) is 9.04. The van der Waals surface area contributed by atoms with Crippen LogP contribution in [0.5, 0.6) is 0 Å². The molecule has 0 saturated carbocycles. The number of rotatable bonds is 4. The number of benzene rings is 2. The van der Waals surface area contributed by atoms with E-state index in [1.54, 1.807) is 20.9 Å². The second-order valence-electron chi connectivity index (χ2n) is 7.87. The minimum Gasteiger partial charge on any atom is -0.147 e. The van der Waals surface area contributed by atoms with Crippen molar-refractivity contribution in [2.45, 2.75) is 40.5 Å². The smallest absolute Gasteiger partial charge is 0.147 e. The Labute approximate surface area is 201 Å². The summed E-state index contributed by atoms with van der Waals surface area (Å²) in [7, 11) is 0. The van der Waals surface area contributed by atoms with Crippen molar-refractivity contribution in [1.29, 1.82) is 0 Å². The zero-order valence-corrected chi connectivity index (χ0v) is 22.2. The largest absolute Gasteiger partial charge is 0.147 e. The molecule has 3 heteroatoms. The minimum atomic E-state index is -2.30. The molecule has 156 valence electrons. The van der Waals surface area contributed by atoms with E-state index in [1.807, 2.05) is 0 Å². The molecule has 0 aliphatic heterocycles. The van der Waals surface area contributed by atoms with Crippen LogP contribution in [0.2, 0.25) is 0 Å². The molecular formula is C27H30Cl2Zr. The average Bonchev–Trinajstić information content (AvgIpc) is 3.23. The Morgan fingerprint density at radius 1 is 0.600 bits per heavy atom. The van der Waals surface area contributed by atoms with Gasteiger partial charge in [-0.3, -0.25) is 0 Å². The topological polar surface area (TPSA) is 0 Å². The maximum Gasteiger partial charge on any atom is -0.147 e. The van der Waals surface area contributed by atoms with Gasteiger partial charge in [0.05, 0.1) is 0 Å². The summed E-state index contributed by atoms with van der Waals surface area (Å²) in [5.41, 5.74) is 8.91. The summed E-state index contributed by atoms with van der Waals surface area (Å²) in [5, 5.41) is 0. The molecule has 0 heterocycles. The van der Waals surface area contributed by atoms with Gasteiger partial charge < -0.3 is 0 Å². The fourth-order valence-electron chi connectivity index (χ4n) is 4.33. The quantitative estimate of drug-likeness (QED) is 0.387. The van der Waals surface area contributed by atoms with E-state index in [0.29, 0.717) is 0 Å². The summed E-state index contributed by atoms with van der Waals surface area (Å²) in [5.74, 6) is 0. The van der Waals surface area contributed by atoms with Gasteiger partial charge in [-0.2, -0.15) is 0 Å². The average molecular weight is 517 g/mol. The SMILES string of the molecule is CC1=CC[C]([Zr]([C]2=C(C)C(C)=CC2)=[C](c2ccccc2)c2ccccc2)=C1C.Cl.Cl. The summed E-state index contributed by atoms with van der Waals surface area (Å²) in [6.45, 7) is 9.28. The van der Waals surface area contributed by atoms with E-state index in [2.05, 4.69) is 101 Å². The number of hydrogen-bond acceptors (Lipinski definition) is 0. The molecule has 0 saturated heterocycles. The molecular weight excluding hydrogens is 486 g/mol. The maximum atomic E-state index is 2.45. The van der Waals surface area contributed by atoms with Crippen LogP contribution in [0.4, 0.5) is 0 Å². The first-order chi connectivity index (χ1) is 13.6. The predicted molar refractivity (Wildman–Crippen MR) is 133 cm³/mol. The molecule has 4 rings (SSSR count). The van der Waals surface area contributed by atoms with Crippen molar-refractivity contribution >= 4 is 28.0 Å².